The number of hydrogen-bond acceptors (Lipinski definition) is 6. The van der Waals surface area contributed by atoms with Crippen LogP contribution in [0.4, 0.5) is 10.1 Å². The molecule has 172 valence electrons. The predicted octanol–water partition coefficient (Wildman–Crippen LogP) is 3.53. The first-order valence-corrected chi connectivity index (χ1v) is 13.0. The van der Waals surface area contributed by atoms with Gasteiger partial charge in [-0.3, -0.25) is 14.1 Å². The fraction of sp³-hybridized carbons (Fsp3) is 0.208. The standard InChI is InChI=1S/C24H19FN4O3S2/c25-19-7-5-18(6-8-19)24(30)28-14-20(15-28)34(31,32)29-9-10-33-23-21(12-27-13-22(23)29)17-3-1-16(11-26)2-4-17/h1-8,12-13,20H,9-10,14-15H2. The van der Waals surface area contributed by atoms with Gasteiger partial charge in [0, 0.05) is 47.6 Å². The van der Waals surface area contributed by atoms with E-state index in [1.54, 1.807) is 36.3 Å². The van der Waals surface area contributed by atoms with Gasteiger partial charge in [0.25, 0.3) is 5.91 Å². The van der Waals surface area contributed by atoms with Crippen molar-refractivity contribution in [1.82, 2.24) is 9.88 Å². The highest BCUT2D eigenvalue weighted by atomic mass is 32.2. The van der Waals surface area contributed by atoms with E-state index in [0.29, 0.717) is 29.1 Å². The van der Waals surface area contributed by atoms with E-state index >= 15 is 0 Å². The summed E-state index contributed by atoms with van der Waals surface area (Å²) in [6.45, 7) is 0.488. The van der Waals surface area contributed by atoms with Crippen LogP contribution in [0.5, 0.6) is 0 Å². The van der Waals surface area contributed by atoms with Gasteiger partial charge in [-0.05, 0) is 42.0 Å². The molecule has 3 aromatic rings. The predicted molar refractivity (Wildman–Crippen MR) is 127 cm³/mol. The van der Waals surface area contributed by atoms with Gasteiger partial charge in [0.2, 0.25) is 10.0 Å². The van der Waals surface area contributed by atoms with Gasteiger partial charge >= 0.3 is 0 Å². The summed E-state index contributed by atoms with van der Waals surface area (Å²) in [6.07, 6.45) is 3.27. The minimum Gasteiger partial charge on any atom is -0.336 e. The monoisotopic (exact) mass is 494 g/mol. The number of nitriles is 1. The fourth-order valence-corrected chi connectivity index (χ4v) is 7.20. The Kier molecular flexibility index (Phi) is 5.75. The van der Waals surface area contributed by atoms with Gasteiger partial charge in [0.15, 0.2) is 0 Å². The number of halogens is 1. The summed E-state index contributed by atoms with van der Waals surface area (Å²) in [7, 11) is -3.72. The number of benzene rings is 2. The lowest BCUT2D eigenvalue weighted by molar-refractivity contribution is 0.0658. The first kappa shape index (κ1) is 22.4. The highest BCUT2D eigenvalue weighted by Gasteiger charge is 2.44. The number of sulfonamides is 1. The number of pyridine rings is 1. The Morgan fingerprint density at radius 3 is 2.47 bits per heavy atom. The van der Waals surface area contributed by atoms with E-state index in [1.807, 2.05) is 12.1 Å². The van der Waals surface area contributed by atoms with Gasteiger partial charge < -0.3 is 4.90 Å². The van der Waals surface area contributed by atoms with Crippen LogP contribution >= 0.6 is 11.8 Å². The third-order valence-electron chi connectivity index (χ3n) is 5.97. The van der Waals surface area contributed by atoms with Crippen molar-refractivity contribution < 1.29 is 17.6 Å². The molecule has 2 aliphatic rings. The lowest BCUT2D eigenvalue weighted by Gasteiger charge is -2.42. The van der Waals surface area contributed by atoms with Crippen molar-refractivity contribution in [2.24, 2.45) is 0 Å². The normalized spacial score (nSPS) is 15.9. The highest BCUT2D eigenvalue weighted by Crippen LogP contribution is 2.43. The molecule has 10 heteroatoms. The molecular weight excluding hydrogens is 475 g/mol. The van der Waals surface area contributed by atoms with Crippen molar-refractivity contribution in [1.29, 1.82) is 5.26 Å². The zero-order valence-corrected chi connectivity index (χ0v) is 19.5. The number of amides is 1. The van der Waals surface area contributed by atoms with Crippen LogP contribution in [0.2, 0.25) is 0 Å². The summed E-state index contributed by atoms with van der Waals surface area (Å²) >= 11 is 1.57. The minimum absolute atomic E-state index is 0.0836. The molecular formula is C24H19FN4O3S2. The van der Waals surface area contributed by atoms with Gasteiger partial charge in [-0.25, -0.2) is 12.8 Å². The maximum Gasteiger partial charge on any atom is 0.253 e. The molecule has 3 heterocycles. The second-order valence-electron chi connectivity index (χ2n) is 8.03. The average molecular weight is 495 g/mol. The number of carbonyl (C=O) groups is 1. The largest absolute Gasteiger partial charge is 0.336 e. The Morgan fingerprint density at radius 2 is 1.79 bits per heavy atom. The van der Waals surface area contributed by atoms with Gasteiger partial charge in [0.05, 0.1) is 23.5 Å². The molecule has 7 nitrogen and oxygen atoms in total. The molecule has 0 spiro atoms. The molecule has 0 unspecified atom stereocenters. The molecule has 0 atom stereocenters. The van der Waals surface area contributed by atoms with Crippen LogP contribution < -0.4 is 4.31 Å². The Bertz CT molecular complexity index is 1400. The number of anilines is 1. The van der Waals surface area contributed by atoms with Gasteiger partial charge in [-0.1, -0.05) is 12.1 Å². The summed E-state index contributed by atoms with van der Waals surface area (Å²) in [6, 6.07) is 14.4. The number of hydrogen-bond donors (Lipinski definition) is 0. The van der Waals surface area contributed by atoms with Crippen molar-refractivity contribution in [2.75, 3.05) is 29.7 Å². The molecule has 2 aliphatic heterocycles. The second-order valence-corrected chi connectivity index (χ2v) is 11.3. The quantitative estimate of drug-likeness (QED) is 0.551. The summed E-state index contributed by atoms with van der Waals surface area (Å²) in [5.74, 6) is -0.160. The molecule has 1 amide bonds. The van der Waals surface area contributed by atoms with Crippen molar-refractivity contribution in [3.63, 3.8) is 0 Å². The number of carbonyl (C=O) groups excluding carboxylic acids is 1. The zero-order chi connectivity index (χ0) is 23.9. The first-order valence-electron chi connectivity index (χ1n) is 10.6. The number of nitrogens with zero attached hydrogens (tertiary/aromatic N) is 4. The first-order chi connectivity index (χ1) is 16.4. The Labute approximate surface area is 200 Å². The van der Waals surface area contributed by atoms with Gasteiger partial charge in [0.1, 0.15) is 11.1 Å². The second kappa shape index (κ2) is 8.74. The molecule has 0 N–H and O–H groups in total. The maximum atomic E-state index is 13.5. The number of likely N-dealkylation sites (tertiary alicyclic amines) is 1. The smallest absolute Gasteiger partial charge is 0.253 e. The van der Waals surface area contributed by atoms with Gasteiger partial charge in [-0.2, -0.15) is 5.26 Å². The number of fused-ring (bicyclic) bond motifs is 1. The molecule has 5 rings (SSSR count). The molecule has 34 heavy (non-hydrogen) atoms. The number of aromatic nitrogens is 1. The van der Waals surface area contributed by atoms with Crippen LogP contribution in [-0.2, 0) is 10.0 Å². The summed E-state index contributed by atoms with van der Waals surface area (Å²) in [5, 5.41) is 8.33. The maximum absolute atomic E-state index is 13.5. The third-order valence-corrected chi connectivity index (χ3v) is 9.21. The molecule has 0 radical (unpaired) electrons. The number of thioether (sulfide) groups is 1. The highest BCUT2D eigenvalue weighted by molar-refractivity contribution is 8.00. The van der Waals surface area contributed by atoms with Crippen LogP contribution in [0, 0.1) is 17.1 Å². The van der Waals surface area contributed by atoms with E-state index in [9.17, 15) is 17.6 Å². The molecule has 1 aromatic heterocycles. The molecule has 1 fully saturated rings. The molecule has 0 saturated carbocycles. The van der Waals surface area contributed by atoms with Crippen LogP contribution in [0.15, 0.2) is 65.8 Å². The Hall–Kier alpha value is -3.42. The van der Waals surface area contributed by atoms with Crippen LogP contribution in [-0.4, -0.2) is 54.8 Å². The van der Waals surface area contributed by atoms with E-state index in [0.717, 1.165) is 16.0 Å². The van der Waals surface area contributed by atoms with Gasteiger partial charge in [-0.15, -0.1) is 11.8 Å². The molecule has 0 bridgehead atoms. The van der Waals surface area contributed by atoms with Crippen molar-refractivity contribution in [3.8, 4) is 17.2 Å². The van der Waals surface area contributed by atoms with E-state index in [2.05, 4.69) is 11.1 Å². The van der Waals surface area contributed by atoms with E-state index in [4.69, 9.17) is 5.26 Å². The van der Waals surface area contributed by atoms with E-state index < -0.39 is 21.1 Å². The van der Waals surface area contributed by atoms with Crippen LogP contribution in [0.3, 0.4) is 0 Å². The zero-order valence-electron chi connectivity index (χ0n) is 17.9. The van der Waals surface area contributed by atoms with E-state index in [1.165, 1.54) is 33.5 Å². The number of rotatable bonds is 4. The third kappa shape index (κ3) is 3.91. The molecule has 2 aromatic carbocycles. The molecule has 0 aliphatic carbocycles. The van der Waals surface area contributed by atoms with E-state index in [-0.39, 0.29) is 19.0 Å². The SMILES string of the molecule is N#Cc1ccc(-c2cncc3c2SCCN3S(=O)(=O)C2CN(C(=O)c3ccc(F)cc3)C2)cc1. The van der Waals surface area contributed by atoms with Crippen molar-refractivity contribution in [2.45, 2.75) is 10.1 Å². The molecule has 1 saturated heterocycles. The Balaban J connectivity index is 1.38. The summed E-state index contributed by atoms with van der Waals surface area (Å²) in [4.78, 5) is 19.2. The minimum atomic E-state index is -3.72. The summed E-state index contributed by atoms with van der Waals surface area (Å²) in [5.41, 5.74) is 3.07. The summed E-state index contributed by atoms with van der Waals surface area (Å²) < 4.78 is 41.5. The Morgan fingerprint density at radius 1 is 1.09 bits per heavy atom. The van der Waals surface area contributed by atoms with Crippen molar-refractivity contribution >= 4 is 33.4 Å². The fourth-order valence-electron chi connectivity index (χ4n) is 4.06. The lowest BCUT2D eigenvalue weighted by atomic mass is 10.1. The van der Waals surface area contributed by atoms with Crippen molar-refractivity contribution in [3.05, 3.63) is 77.9 Å². The topological polar surface area (TPSA) is 94.4 Å². The van der Waals surface area contributed by atoms with Crippen LogP contribution in [0.1, 0.15) is 15.9 Å². The lowest BCUT2D eigenvalue weighted by Crippen LogP contribution is -2.60. The average Bonchev–Trinajstić information content (AvgIpc) is 2.82. The van der Waals surface area contributed by atoms with Crippen LogP contribution in [0.25, 0.3) is 11.1 Å².